The second-order valence-corrected chi connectivity index (χ2v) is 4.77. The third-order valence-electron chi connectivity index (χ3n) is 3.41. The molecule has 9 heteroatoms. The van der Waals surface area contributed by atoms with Crippen LogP contribution in [-0.4, -0.2) is 24.6 Å². The predicted molar refractivity (Wildman–Crippen MR) is 79.9 cm³/mol. The Morgan fingerprint density at radius 1 is 0.913 bits per heavy atom. The van der Waals surface area contributed by atoms with E-state index in [4.69, 9.17) is 0 Å². The van der Waals surface area contributed by atoms with Crippen molar-refractivity contribution in [2.75, 3.05) is 0 Å². The van der Waals surface area contributed by atoms with Crippen molar-refractivity contribution in [2.24, 2.45) is 0 Å². The number of nitrogens with zero attached hydrogens (tertiary/aromatic N) is 3. The molecule has 2 N–H and O–H groups in total. The zero-order valence-electron chi connectivity index (χ0n) is 11.4. The fourth-order valence-corrected chi connectivity index (χ4v) is 2.34. The number of benzene rings is 2. The van der Waals surface area contributed by atoms with E-state index in [1.807, 2.05) is 0 Å². The van der Waals surface area contributed by atoms with Gasteiger partial charge in [0, 0.05) is 23.7 Å². The van der Waals surface area contributed by atoms with Crippen LogP contribution in [0.1, 0.15) is 0 Å². The number of aromatic hydroxyl groups is 2. The van der Waals surface area contributed by atoms with Crippen molar-refractivity contribution in [1.82, 2.24) is 4.57 Å². The van der Waals surface area contributed by atoms with Gasteiger partial charge in [-0.05, 0) is 18.2 Å². The Bertz CT molecular complexity index is 963. The number of fused-ring (bicyclic) bond motifs is 1. The standard InChI is InChI=1S/C14H9N3O6/c18-13-5-8-3-4-15(11(8)7-14(13)19)10-2-1-9(16(20)21)6-12(10)17(22)23/h1-7,18-19H. The van der Waals surface area contributed by atoms with E-state index >= 15 is 0 Å². The topological polar surface area (TPSA) is 132 Å². The monoisotopic (exact) mass is 315 g/mol. The van der Waals surface area contributed by atoms with Crippen LogP contribution in [-0.2, 0) is 0 Å². The van der Waals surface area contributed by atoms with Crippen LogP contribution < -0.4 is 0 Å². The Morgan fingerprint density at radius 3 is 2.26 bits per heavy atom. The second-order valence-electron chi connectivity index (χ2n) is 4.77. The van der Waals surface area contributed by atoms with Crippen molar-refractivity contribution < 1.29 is 20.1 Å². The summed E-state index contributed by atoms with van der Waals surface area (Å²) >= 11 is 0. The number of nitro groups is 2. The van der Waals surface area contributed by atoms with E-state index in [0.29, 0.717) is 10.9 Å². The molecule has 0 unspecified atom stereocenters. The van der Waals surface area contributed by atoms with Crippen LogP contribution in [0.5, 0.6) is 11.5 Å². The number of phenols is 2. The van der Waals surface area contributed by atoms with Gasteiger partial charge in [-0.3, -0.25) is 20.2 Å². The van der Waals surface area contributed by atoms with Crippen LogP contribution in [0.2, 0.25) is 0 Å². The summed E-state index contributed by atoms with van der Waals surface area (Å²) in [7, 11) is 0. The second kappa shape index (κ2) is 4.98. The fourth-order valence-electron chi connectivity index (χ4n) is 2.34. The number of non-ortho nitro benzene ring substituents is 1. The molecule has 3 rings (SSSR count). The van der Waals surface area contributed by atoms with Gasteiger partial charge in [0.2, 0.25) is 0 Å². The summed E-state index contributed by atoms with van der Waals surface area (Å²) in [6, 6.07) is 7.48. The minimum atomic E-state index is -0.714. The zero-order valence-corrected chi connectivity index (χ0v) is 11.4. The highest BCUT2D eigenvalue weighted by molar-refractivity contribution is 5.86. The Hall–Kier alpha value is -3.62. The van der Waals surface area contributed by atoms with Crippen LogP contribution in [0.15, 0.2) is 42.6 Å². The van der Waals surface area contributed by atoms with Crippen LogP contribution in [0.4, 0.5) is 11.4 Å². The van der Waals surface area contributed by atoms with Crippen molar-refractivity contribution in [2.45, 2.75) is 0 Å². The van der Waals surface area contributed by atoms with Crippen LogP contribution in [0.3, 0.4) is 0 Å². The highest BCUT2D eigenvalue weighted by Crippen LogP contribution is 2.35. The Labute approximate surface area is 127 Å². The molecule has 2 aromatic carbocycles. The van der Waals surface area contributed by atoms with Crippen LogP contribution in [0.25, 0.3) is 16.6 Å². The van der Waals surface area contributed by atoms with Crippen molar-refractivity contribution in [3.63, 3.8) is 0 Å². The number of hydrogen-bond acceptors (Lipinski definition) is 6. The molecule has 0 aliphatic carbocycles. The lowest BCUT2D eigenvalue weighted by Gasteiger charge is -2.07. The molecule has 1 aromatic heterocycles. The molecule has 0 atom stereocenters. The number of aromatic nitrogens is 1. The minimum Gasteiger partial charge on any atom is -0.504 e. The summed E-state index contributed by atoms with van der Waals surface area (Å²) in [5.74, 6) is -0.685. The predicted octanol–water partition coefficient (Wildman–Crippen LogP) is 2.86. The van der Waals surface area contributed by atoms with Gasteiger partial charge in [0.1, 0.15) is 5.69 Å². The lowest BCUT2D eigenvalue weighted by molar-refractivity contribution is -0.394. The first-order valence-corrected chi connectivity index (χ1v) is 6.34. The average molecular weight is 315 g/mol. The van der Waals surface area contributed by atoms with Crippen molar-refractivity contribution >= 4 is 22.3 Å². The molecule has 3 aromatic rings. The van der Waals surface area contributed by atoms with Crippen molar-refractivity contribution in [1.29, 1.82) is 0 Å². The summed E-state index contributed by atoms with van der Waals surface area (Å²) in [6.07, 6.45) is 1.51. The molecule has 0 fully saturated rings. The van der Waals surface area contributed by atoms with E-state index in [1.54, 1.807) is 6.07 Å². The Morgan fingerprint density at radius 2 is 1.61 bits per heavy atom. The molecule has 0 spiro atoms. The van der Waals surface area contributed by atoms with Gasteiger partial charge in [0.15, 0.2) is 11.5 Å². The first-order valence-electron chi connectivity index (χ1n) is 6.34. The Kier molecular flexibility index (Phi) is 3.10. The van der Waals surface area contributed by atoms with Crippen molar-refractivity contribution in [3.8, 4) is 17.2 Å². The molecule has 9 nitrogen and oxygen atoms in total. The van der Waals surface area contributed by atoms with E-state index in [0.717, 1.165) is 12.1 Å². The summed E-state index contributed by atoms with van der Waals surface area (Å²) in [6.45, 7) is 0. The summed E-state index contributed by atoms with van der Waals surface area (Å²) in [5, 5.41) is 41.7. The molecule has 0 aliphatic rings. The number of hydrogen-bond donors (Lipinski definition) is 2. The quantitative estimate of drug-likeness (QED) is 0.434. The summed E-state index contributed by atoms with van der Waals surface area (Å²) in [4.78, 5) is 20.6. The molecule has 116 valence electrons. The lowest BCUT2D eigenvalue weighted by atomic mass is 10.2. The largest absolute Gasteiger partial charge is 0.504 e. The third-order valence-corrected chi connectivity index (χ3v) is 3.41. The normalized spacial score (nSPS) is 10.8. The van der Waals surface area contributed by atoms with Gasteiger partial charge in [0.25, 0.3) is 11.4 Å². The number of nitro benzene ring substituents is 2. The molecule has 1 heterocycles. The van der Waals surface area contributed by atoms with Gasteiger partial charge < -0.3 is 14.8 Å². The van der Waals surface area contributed by atoms with E-state index in [1.165, 1.54) is 29.0 Å². The molecule has 0 saturated carbocycles. The SMILES string of the molecule is O=[N+]([O-])c1ccc(-n2ccc3cc(O)c(O)cc32)c([N+](=O)[O-])c1. The first kappa shape index (κ1) is 14.3. The smallest absolute Gasteiger partial charge is 0.300 e. The summed E-state index contributed by atoms with van der Waals surface area (Å²) < 4.78 is 1.41. The van der Waals surface area contributed by atoms with Gasteiger partial charge in [-0.1, -0.05) is 0 Å². The van der Waals surface area contributed by atoms with Gasteiger partial charge in [-0.25, -0.2) is 0 Å². The summed E-state index contributed by atoms with van der Waals surface area (Å²) in [5.41, 5.74) is -0.306. The van der Waals surface area contributed by atoms with E-state index in [2.05, 4.69) is 0 Å². The molecule has 0 amide bonds. The maximum atomic E-state index is 11.2. The molecule has 23 heavy (non-hydrogen) atoms. The maximum Gasteiger partial charge on any atom is 0.300 e. The lowest BCUT2D eigenvalue weighted by Crippen LogP contribution is -2.00. The zero-order chi connectivity index (χ0) is 16.7. The number of phenolic OH excluding ortho intramolecular Hbond substituents is 2. The van der Waals surface area contributed by atoms with Gasteiger partial charge >= 0.3 is 0 Å². The minimum absolute atomic E-state index is 0.112. The number of rotatable bonds is 3. The molecule has 0 radical (unpaired) electrons. The molecule has 0 aliphatic heterocycles. The Balaban J connectivity index is 2.28. The maximum absolute atomic E-state index is 11.2. The molecular weight excluding hydrogens is 306 g/mol. The van der Waals surface area contributed by atoms with Gasteiger partial charge in [-0.15, -0.1) is 0 Å². The first-order chi connectivity index (χ1) is 10.9. The molecule has 0 saturated heterocycles. The fraction of sp³-hybridized carbons (Fsp3) is 0. The third kappa shape index (κ3) is 2.29. The van der Waals surface area contributed by atoms with E-state index < -0.39 is 21.2 Å². The van der Waals surface area contributed by atoms with Crippen LogP contribution in [0, 0.1) is 20.2 Å². The van der Waals surface area contributed by atoms with E-state index in [-0.39, 0.29) is 17.2 Å². The van der Waals surface area contributed by atoms with Gasteiger partial charge in [-0.2, -0.15) is 0 Å². The average Bonchev–Trinajstić information content (AvgIpc) is 2.89. The highest BCUT2D eigenvalue weighted by atomic mass is 16.6. The molecule has 0 bridgehead atoms. The van der Waals surface area contributed by atoms with Crippen molar-refractivity contribution in [3.05, 3.63) is 62.8 Å². The van der Waals surface area contributed by atoms with Gasteiger partial charge in [0.05, 0.1) is 21.4 Å². The van der Waals surface area contributed by atoms with Crippen LogP contribution >= 0.6 is 0 Å². The highest BCUT2D eigenvalue weighted by Gasteiger charge is 2.21. The van der Waals surface area contributed by atoms with E-state index in [9.17, 15) is 30.4 Å². The molecular formula is C14H9N3O6.